The second-order valence-electron chi connectivity index (χ2n) is 4.28. The minimum Gasteiger partial charge on any atom is -0.493 e. The Kier molecular flexibility index (Phi) is 5.00. The van der Waals surface area contributed by atoms with E-state index in [1.54, 1.807) is 43.5 Å². The van der Waals surface area contributed by atoms with Crippen LogP contribution in [0.2, 0.25) is 0 Å². The third-order valence-electron chi connectivity index (χ3n) is 2.85. The fourth-order valence-corrected chi connectivity index (χ4v) is 2.57. The largest absolute Gasteiger partial charge is 0.493 e. The minimum absolute atomic E-state index is 0.152. The summed E-state index contributed by atoms with van der Waals surface area (Å²) in [5, 5.41) is 3.76. The molecule has 0 bridgehead atoms. The molecule has 0 fully saturated rings. The van der Waals surface area contributed by atoms with Crippen LogP contribution in [0.5, 0.6) is 11.5 Å². The zero-order valence-electron chi connectivity index (χ0n) is 12.2. The number of sulfonamides is 1. The van der Waals surface area contributed by atoms with Crippen LogP contribution < -0.4 is 14.3 Å². The van der Waals surface area contributed by atoms with Gasteiger partial charge in [-0.2, -0.15) is 13.5 Å². The van der Waals surface area contributed by atoms with Crippen molar-refractivity contribution in [2.75, 3.05) is 14.2 Å². The van der Waals surface area contributed by atoms with Crippen molar-refractivity contribution in [3.63, 3.8) is 0 Å². The number of nitrogens with zero attached hydrogens (tertiary/aromatic N) is 1. The molecule has 0 unspecified atom stereocenters. The molecule has 0 saturated heterocycles. The van der Waals surface area contributed by atoms with Crippen molar-refractivity contribution in [1.82, 2.24) is 4.83 Å². The van der Waals surface area contributed by atoms with Crippen molar-refractivity contribution >= 4 is 16.2 Å². The molecular formula is C15H16N2O4S. The Morgan fingerprint density at radius 3 is 2.32 bits per heavy atom. The van der Waals surface area contributed by atoms with E-state index in [9.17, 15) is 8.42 Å². The number of hydrogen-bond acceptors (Lipinski definition) is 5. The van der Waals surface area contributed by atoms with Gasteiger partial charge in [0.1, 0.15) is 0 Å². The van der Waals surface area contributed by atoms with Gasteiger partial charge in [0.2, 0.25) is 0 Å². The topological polar surface area (TPSA) is 77.0 Å². The van der Waals surface area contributed by atoms with Gasteiger partial charge in [-0.1, -0.05) is 18.2 Å². The van der Waals surface area contributed by atoms with Crippen molar-refractivity contribution < 1.29 is 17.9 Å². The normalized spacial score (nSPS) is 11.4. The molecule has 0 saturated carbocycles. The SMILES string of the molecule is COc1ccc(C=NNS(=O)(=O)c2ccccc2)cc1OC. The predicted molar refractivity (Wildman–Crippen MR) is 83.9 cm³/mol. The van der Waals surface area contributed by atoms with Crippen molar-refractivity contribution in [2.45, 2.75) is 4.90 Å². The van der Waals surface area contributed by atoms with Crippen molar-refractivity contribution in [1.29, 1.82) is 0 Å². The van der Waals surface area contributed by atoms with Crippen LogP contribution >= 0.6 is 0 Å². The maximum Gasteiger partial charge on any atom is 0.276 e. The lowest BCUT2D eigenvalue weighted by Crippen LogP contribution is -2.18. The van der Waals surface area contributed by atoms with Crippen LogP contribution in [0.1, 0.15) is 5.56 Å². The Hall–Kier alpha value is -2.54. The number of hydrazone groups is 1. The Morgan fingerprint density at radius 2 is 1.68 bits per heavy atom. The van der Waals surface area contributed by atoms with E-state index < -0.39 is 10.0 Å². The number of ether oxygens (including phenoxy) is 2. The third-order valence-corrected chi connectivity index (χ3v) is 4.09. The Labute approximate surface area is 129 Å². The average Bonchev–Trinajstić information content (AvgIpc) is 2.55. The van der Waals surface area contributed by atoms with Gasteiger partial charge in [-0.05, 0) is 35.9 Å². The highest BCUT2D eigenvalue weighted by Gasteiger charge is 2.11. The fraction of sp³-hybridized carbons (Fsp3) is 0.133. The smallest absolute Gasteiger partial charge is 0.276 e. The zero-order valence-corrected chi connectivity index (χ0v) is 13.0. The number of nitrogens with one attached hydrogen (secondary N) is 1. The summed E-state index contributed by atoms with van der Waals surface area (Å²) in [7, 11) is -0.597. The van der Waals surface area contributed by atoms with Gasteiger partial charge < -0.3 is 9.47 Å². The number of rotatable bonds is 6. The molecule has 2 rings (SSSR count). The van der Waals surface area contributed by atoms with E-state index in [-0.39, 0.29) is 4.90 Å². The summed E-state index contributed by atoms with van der Waals surface area (Å²) in [4.78, 5) is 2.31. The molecule has 6 nitrogen and oxygen atoms in total. The van der Waals surface area contributed by atoms with Gasteiger partial charge in [0.25, 0.3) is 10.0 Å². The maximum absolute atomic E-state index is 12.0. The second-order valence-corrected chi connectivity index (χ2v) is 5.94. The van der Waals surface area contributed by atoms with E-state index in [4.69, 9.17) is 9.47 Å². The van der Waals surface area contributed by atoms with Crippen LogP contribution in [0.25, 0.3) is 0 Å². The molecule has 116 valence electrons. The van der Waals surface area contributed by atoms with E-state index >= 15 is 0 Å². The molecule has 0 aromatic heterocycles. The molecule has 0 atom stereocenters. The summed E-state index contributed by atoms with van der Waals surface area (Å²) in [6.07, 6.45) is 1.39. The van der Waals surface area contributed by atoms with E-state index in [2.05, 4.69) is 9.93 Å². The van der Waals surface area contributed by atoms with Crippen LogP contribution in [0.15, 0.2) is 58.5 Å². The van der Waals surface area contributed by atoms with E-state index in [0.717, 1.165) is 0 Å². The first-order valence-corrected chi connectivity index (χ1v) is 7.87. The van der Waals surface area contributed by atoms with Crippen LogP contribution in [0, 0.1) is 0 Å². The minimum atomic E-state index is -3.66. The fourth-order valence-electron chi connectivity index (χ4n) is 1.76. The lowest BCUT2D eigenvalue weighted by atomic mass is 10.2. The highest BCUT2D eigenvalue weighted by Crippen LogP contribution is 2.26. The summed E-state index contributed by atoms with van der Waals surface area (Å²) in [5.41, 5.74) is 0.674. The van der Waals surface area contributed by atoms with Gasteiger partial charge >= 0.3 is 0 Å². The Bertz CT molecular complexity index is 758. The predicted octanol–water partition coefficient (Wildman–Crippen LogP) is 2.02. The molecule has 1 N–H and O–H groups in total. The summed E-state index contributed by atoms with van der Waals surface area (Å²) < 4.78 is 34.2. The molecule has 0 aliphatic heterocycles. The maximum atomic E-state index is 12.0. The summed E-state index contributed by atoms with van der Waals surface area (Å²) in [6.45, 7) is 0. The van der Waals surface area contributed by atoms with E-state index in [1.807, 2.05) is 0 Å². The van der Waals surface area contributed by atoms with Crippen molar-refractivity contribution in [3.05, 3.63) is 54.1 Å². The van der Waals surface area contributed by atoms with Crippen LogP contribution in [-0.2, 0) is 10.0 Å². The second kappa shape index (κ2) is 6.95. The highest BCUT2D eigenvalue weighted by molar-refractivity contribution is 7.89. The van der Waals surface area contributed by atoms with E-state index in [1.165, 1.54) is 25.5 Å². The third kappa shape index (κ3) is 3.76. The van der Waals surface area contributed by atoms with Crippen molar-refractivity contribution in [3.8, 4) is 11.5 Å². The number of methoxy groups -OCH3 is 2. The van der Waals surface area contributed by atoms with Gasteiger partial charge in [0.05, 0.1) is 25.3 Å². The standard InChI is InChI=1S/C15H16N2O4S/c1-20-14-9-8-12(10-15(14)21-2)11-16-17-22(18,19)13-6-4-3-5-7-13/h3-11,17H,1-2H3. The highest BCUT2D eigenvalue weighted by atomic mass is 32.2. The van der Waals surface area contributed by atoms with Gasteiger partial charge in [0.15, 0.2) is 11.5 Å². The molecule has 2 aromatic carbocycles. The molecule has 7 heteroatoms. The molecule has 22 heavy (non-hydrogen) atoms. The zero-order chi connectivity index (χ0) is 16.0. The quantitative estimate of drug-likeness (QED) is 0.652. The average molecular weight is 320 g/mol. The van der Waals surface area contributed by atoms with Gasteiger partial charge in [0, 0.05) is 0 Å². The molecule has 0 spiro atoms. The number of hydrogen-bond donors (Lipinski definition) is 1. The summed E-state index contributed by atoms with van der Waals surface area (Å²) in [5.74, 6) is 1.13. The molecule has 0 amide bonds. The Balaban J connectivity index is 2.13. The molecule has 0 aliphatic carbocycles. The first-order valence-electron chi connectivity index (χ1n) is 6.39. The summed E-state index contributed by atoms with van der Waals surface area (Å²) in [6, 6.07) is 13.2. The lowest BCUT2D eigenvalue weighted by Gasteiger charge is -2.07. The van der Waals surface area contributed by atoms with Gasteiger partial charge in [-0.3, -0.25) is 0 Å². The lowest BCUT2D eigenvalue weighted by molar-refractivity contribution is 0.355. The van der Waals surface area contributed by atoms with E-state index in [0.29, 0.717) is 17.1 Å². The molecule has 0 heterocycles. The molecule has 0 radical (unpaired) electrons. The monoisotopic (exact) mass is 320 g/mol. The van der Waals surface area contributed by atoms with Gasteiger partial charge in [-0.25, -0.2) is 4.83 Å². The van der Waals surface area contributed by atoms with Gasteiger partial charge in [-0.15, -0.1) is 0 Å². The number of benzene rings is 2. The first kappa shape index (κ1) is 15.8. The summed E-state index contributed by atoms with van der Waals surface area (Å²) >= 11 is 0. The Morgan fingerprint density at radius 1 is 1.00 bits per heavy atom. The van der Waals surface area contributed by atoms with Crippen LogP contribution in [-0.4, -0.2) is 28.9 Å². The molecular weight excluding hydrogens is 304 g/mol. The molecule has 0 aliphatic rings. The first-order chi connectivity index (χ1) is 10.6. The van der Waals surface area contributed by atoms with Crippen LogP contribution in [0.4, 0.5) is 0 Å². The van der Waals surface area contributed by atoms with Crippen LogP contribution in [0.3, 0.4) is 0 Å². The molecule has 2 aromatic rings. The van der Waals surface area contributed by atoms with Crippen molar-refractivity contribution in [2.24, 2.45) is 5.10 Å².